The number of hydrogen-bond donors (Lipinski definition) is 3. The number of nitrogens with two attached hydrogens (primary N) is 1. The average Bonchev–Trinajstić information content (AvgIpc) is 2.72. The van der Waals surface area contributed by atoms with Crippen molar-refractivity contribution in [2.24, 2.45) is 0 Å². The monoisotopic (exact) mass is 427 g/mol. The topological polar surface area (TPSA) is 104 Å². The number of anilines is 2. The average molecular weight is 427 g/mol. The van der Waals surface area contributed by atoms with Gasteiger partial charge >= 0.3 is 6.09 Å². The number of benzene rings is 2. The smallest absolute Gasteiger partial charge is 0.407 e. The second kappa shape index (κ2) is 8.33. The van der Waals surface area contributed by atoms with Crippen molar-refractivity contribution in [2.75, 3.05) is 24.1 Å². The molecule has 0 saturated carbocycles. The van der Waals surface area contributed by atoms with E-state index in [1.807, 2.05) is 19.1 Å². The highest BCUT2D eigenvalue weighted by Gasteiger charge is 2.30. The molecule has 2 heterocycles. The van der Waals surface area contributed by atoms with Gasteiger partial charge in [-0.25, -0.2) is 23.5 Å². The van der Waals surface area contributed by atoms with Gasteiger partial charge in [-0.2, -0.15) is 0 Å². The summed E-state index contributed by atoms with van der Waals surface area (Å²) in [6.07, 6.45) is 0.0878. The maximum atomic E-state index is 14.4. The number of nitrogens with one attached hydrogen (secondary N) is 1. The van der Waals surface area contributed by atoms with Crippen LogP contribution in [0.5, 0.6) is 0 Å². The largest absolute Gasteiger partial charge is 0.465 e. The number of piperidine rings is 1. The fourth-order valence-corrected chi connectivity index (χ4v) is 3.96. The Labute approximate surface area is 177 Å². The fourth-order valence-electron chi connectivity index (χ4n) is 3.96. The third-order valence-corrected chi connectivity index (χ3v) is 5.45. The Morgan fingerprint density at radius 3 is 2.84 bits per heavy atom. The number of fused-ring (bicyclic) bond motifs is 1. The van der Waals surface area contributed by atoms with Crippen molar-refractivity contribution >= 4 is 28.6 Å². The van der Waals surface area contributed by atoms with Crippen molar-refractivity contribution < 1.29 is 18.7 Å². The highest BCUT2D eigenvalue weighted by molar-refractivity contribution is 5.88. The molecule has 4 N–H and O–H groups in total. The summed E-state index contributed by atoms with van der Waals surface area (Å²) in [5.74, 6) is -0.0975. The van der Waals surface area contributed by atoms with E-state index in [2.05, 4.69) is 15.3 Å². The number of carbonyl (C=O) groups is 1. The molecule has 1 saturated heterocycles. The maximum absolute atomic E-state index is 14.4. The summed E-state index contributed by atoms with van der Waals surface area (Å²) in [6.45, 7) is 2.01. The number of alkyl halides is 1. The lowest BCUT2D eigenvalue weighted by molar-refractivity contribution is 0.102. The first-order chi connectivity index (χ1) is 14.8. The zero-order chi connectivity index (χ0) is 22.1. The van der Waals surface area contributed by atoms with Crippen molar-refractivity contribution in [1.82, 2.24) is 14.9 Å². The fraction of sp³-hybridized carbons (Fsp3) is 0.318. The highest BCUT2D eigenvalue weighted by atomic mass is 19.1. The van der Waals surface area contributed by atoms with Crippen molar-refractivity contribution in [1.29, 1.82) is 0 Å². The van der Waals surface area contributed by atoms with E-state index in [0.717, 1.165) is 15.8 Å². The Balaban J connectivity index is 1.65. The number of halogens is 2. The van der Waals surface area contributed by atoms with Crippen molar-refractivity contribution in [3.8, 4) is 11.1 Å². The van der Waals surface area contributed by atoms with Gasteiger partial charge in [-0.05, 0) is 47.9 Å². The van der Waals surface area contributed by atoms with E-state index in [1.54, 1.807) is 18.3 Å². The van der Waals surface area contributed by atoms with E-state index in [0.29, 0.717) is 34.7 Å². The number of likely N-dealkylation sites (tertiary alicyclic amines) is 1. The van der Waals surface area contributed by atoms with Gasteiger partial charge in [0.1, 0.15) is 12.0 Å². The van der Waals surface area contributed by atoms with Gasteiger partial charge in [0, 0.05) is 41.8 Å². The van der Waals surface area contributed by atoms with E-state index in [9.17, 15) is 18.7 Å². The van der Waals surface area contributed by atoms with Gasteiger partial charge in [0.05, 0.1) is 12.1 Å². The lowest BCUT2D eigenvalue weighted by Crippen LogP contribution is -2.49. The number of rotatable bonds is 4. The molecular formula is C22H23F2N5O2. The van der Waals surface area contributed by atoms with Crippen LogP contribution < -0.4 is 11.1 Å². The maximum Gasteiger partial charge on any atom is 0.407 e. The van der Waals surface area contributed by atoms with E-state index < -0.39 is 24.1 Å². The van der Waals surface area contributed by atoms with Crippen molar-refractivity contribution in [2.45, 2.75) is 32.0 Å². The lowest BCUT2D eigenvalue weighted by atomic mass is 9.98. The summed E-state index contributed by atoms with van der Waals surface area (Å²) in [5, 5.41) is 13.0. The standard InChI is InChI=1S/C22H23F2N5O2/c1-2-12-5-13(18-4-3-16(25)8-19(18)24)6-14-9-26-21(28-20(12)14)27-17-7-15(23)10-29(11-17)22(30)31/h3-6,8-9,15,17H,2,7,10-11,25H2,1H3,(H,30,31)(H,26,27,28)/t15-,17-/m0/s1. The zero-order valence-electron chi connectivity index (χ0n) is 17.0. The number of hydrogen-bond acceptors (Lipinski definition) is 5. The third-order valence-electron chi connectivity index (χ3n) is 5.45. The Morgan fingerprint density at radius 2 is 2.13 bits per heavy atom. The van der Waals surface area contributed by atoms with Crippen LogP contribution in [-0.2, 0) is 6.42 Å². The molecule has 4 rings (SSSR count). The summed E-state index contributed by atoms with van der Waals surface area (Å²) in [4.78, 5) is 21.2. The summed E-state index contributed by atoms with van der Waals surface area (Å²) < 4.78 is 28.4. The highest BCUT2D eigenvalue weighted by Crippen LogP contribution is 2.30. The quantitative estimate of drug-likeness (QED) is 0.542. The van der Waals surface area contributed by atoms with Crippen molar-refractivity contribution in [3.05, 3.63) is 47.9 Å². The molecule has 162 valence electrons. The number of nitrogen functional groups attached to an aromatic ring is 1. The molecule has 0 spiro atoms. The Hall–Kier alpha value is -3.49. The normalized spacial score (nSPS) is 18.9. The van der Waals surface area contributed by atoms with Gasteiger partial charge in [-0.1, -0.05) is 6.92 Å². The van der Waals surface area contributed by atoms with Gasteiger partial charge in [0.2, 0.25) is 5.95 Å². The number of nitrogens with zero attached hydrogens (tertiary/aromatic N) is 3. The molecule has 3 aromatic rings. The Kier molecular flexibility index (Phi) is 5.58. The number of aryl methyl sites for hydroxylation is 1. The van der Waals surface area contributed by atoms with Crippen LogP contribution in [0.2, 0.25) is 0 Å². The molecule has 31 heavy (non-hydrogen) atoms. The first-order valence-corrected chi connectivity index (χ1v) is 10.1. The Morgan fingerprint density at radius 1 is 1.32 bits per heavy atom. The predicted octanol–water partition coefficient (Wildman–Crippen LogP) is 4.08. The summed E-state index contributed by atoms with van der Waals surface area (Å²) in [6, 6.07) is 7.87. The molecule has 1 aliphatic heterocycles. The minimum absolute atomic E-state index is 0.128. The molecule has 1 fully saturated rings. The van der Waals surface area contributed by atoms with Gasteiger partial charge in [-0.3, -0.25) is 0 Å². The predicted molar refractivity (Wildman–Crippen MR) is 115 cm³/mol. The second-order valence-corrected chi connectivity index (χ2v) is 7.72. The van der Waals surface area contributed by atoms with Crippen LogP contribution >= 0.6 is 0 Å². The molecule has 1 aromatic heterocycles. The molecule has 0 radical (unpaired) electrons. The van der Waals surface area contributed by atoms with E-state index >= 15 is 0 Å². The molecule has 2 aromatic carbocycles. The first-order valence-electron chi connectivity index (χ1n) is 10.1. The van der Waals surface area contributed by atoms with Crippen LogP contribution in [0.15, 0.2) is 36.5 Å². The van der Waals surface area contributed by atoms with Gasteiger partial charge in [0.15, 0.2) is 0 Å². The SMILES string of the molecule is CCc1cc(-c2ccc(N)cc2F)cc2cnc(N[C@H]3C[C@H](F)CN(C(=O)O)C3)nc12. The first kappa shape index (κ1) is 20.8. The van der Waals surface area contributed by atoms with Crippen LogP contribution in [0, 0.1) is 5.82 Å². The number of carboxylic acid groups (broad SMARTS) is 1. The molecule has 9 heteroatoms. The summed E-state index contributed by atoms with van der Waals surface area (Å²) in [5.41, 5.74) is 8.78. The number of aromatic nitrogens is 2. The minimum Gasteiger partial charge on any atom is -0.465 e. The van der Waals surface area contributed by atoms with Gasteiger partial charge in [-0.15, -0.1) is 0 Å². The summed E-state index contributed by atoms with van der Waals surface area (Å²) >= 11 is 0. The molecule has 7 nitrogen and oxygen atoms in total. The lowest BCUT2D eigenvalue weighted by Gasteiger charge is -2.33. The van der Waals surface area contributed by atoms with Gasteiger partial charge in [0.25, 0.3) is 0 Å². The third kappa shape index (κ3) is 4.35. The number of amides is 1. The van der Waals surface area contributed by atoms with E-state index in [-0.39, 0.29) is 19.5 Å². The van der Waals surface area contributed by atoms with Crippen LogP contribution in [0.3, 0.4) is 0 Å². The molecule has 2 atom stereocenters. The van der Waals surface area contributed by atoms with E-state index in [4.69, 9.17) is 5.73 Å². The van der Waals surface area contributed by atoms with Crippen LogP contribution in [0.1, 0.15) is 18.9 Å². The van der Waals surface area contributed by atoms with Crippen LogP contribution in [0.4, 0.5) is 25.2 Å². The second-order valence-electron chi connectivity index (χ2n) is 7.72. The van der Waals surface area contributed by atoms with Crippen LogP contribution in [-0.4, -0.2) is 51.4 Å². The molecular weight excluding hydrogens is 404 g/mol. The molecule has 1 amide bonds. The molecule has 1 aliphatic rings. The molecule has 0 bridgehead atoms. The zero-order valence-corrected chi connectivity index (χ0v) is 17.0. The van der Waals surface area contributed by atoms with Gasteiger partial charge < -0.3 is 21.1 Å². The molecule has 0 unspecified atom stereocenters. The minimum atomic E-state index is -1.24. The van der Waals surface area contributed by atoms with E-state index in [1.165, 1.54) is 6.07 Å². The van der Waals surface area contributed by atoms with Crippen LogP contribution in [0.25, 0.3) is 22.0 Å². The molecule has 0 aliphatic carbocycles. The Bertz CT molecular complexity index is 1140. The van der Waals surface area contributed by atoms with Crippen molar-refractivity contribution in [3.63, 3.8) is 0 Å². The summed E-state index contributed by atoms with van der Waals surface area (Å²) in [7, 11) is 0.